The summed E-state index contributed by atoms with van der Waals surface area (Å²) >= 11 is 0. The minimum Gasteiger partial charge on any atom is -0.443 e. The number of rotatable bonds is 4. The lowest BCUT2D eigenvalue weighted by Crippen LogP contribution is -2.48. The first-order chi connectivity index (χ1) is 13.3. The Labute approximate surface area is 170 Å². The lowest BCUT2D eigenvalue weighted by Gasteiger charge is -2.35. The number of ether oxygens (including phenoxy) is 1. The van der Waals surface area contributed by atoms with Crippen molar-refractivity contribution in [3.05, 3.63) is 0 Å². The highest BCUT2D eigenvalue weighted by Crippen LogP contribution is 2.27. The van der Waals surface area contributed by atoms with Crippen molar-refractivity contribution in [2.24, 2.45) is 10.1 Å². The number of amides is 1. The standard InChI is InChI=1S/C22H39N3O3/c1-6-17(2)24-28-20(23-18-13-9-7-10-14-18)25(19-15-11-8-12-16-19)21(26)27-22(3,4)5/h18-19H,6-16H2,1-5H3. The number of carbonyl (C=O) groups is 1. The molecule has 2 rings (SSSR count). The zero-order valence-corrected chi connectivity index (χ0v) is 18.5. The first-order valence-corrected chi connectivity index (χ1v) is 11.1. The molecule has 0 saturated heterocycles. The van der Waals surface area contributed by atoms with Crippen LogP contribution in [0.3, 0.4) is 0 Å². The Morgan fingerprint density at radius 2 is 1.57 bits per heavy atom. The summed E-state index contributed by atoms with van der Waals surface area (Å²) < 4.78 is 5.73. The molecule has 0 unspecified atom stereocenters. The topological polar surface area (TPSA) is 63.5 Å². The molecule has 6 heteroatoms. The van der Waals surface area contributed by atoms with E-state index in [2.05, 4.69) is 5.16 Å². The van der Waals surface area contributed by atoms with E-state index in [4.69, 9.17) is 14.6 Å². The van der Waals surface area contributed by atoms with Crippen molar-refractivity contribution >= 4 is 17.8 Å². The van der Waals surface area contributed by atoms with Crippen molar-refractivity contribution in [1.82, 2.24) is 4.90 Å². The number of hydrogen-bond acceptors (Lipinski definition) is 5. The number of nitrogens with zero attached hydrogens (tertiary/aromatic N) is 3. The minimum absolute atomic E-state index is 0.0584. The van der Waals surface area contributed by atoms with Crippen LogP contribution in [0.2, 0.25) is 0 Å². The van der Waals surface area contributed by atoms with Gasteiger partial charge in [0.1, 0.15) is 5.60 Å². The molecule has 0 radical (unpaired) electrons. The van der Waals surface area contributed by atoms with Crippen LogP contribution < -0.4 is 0 Å². The van der Waals surface area contributed by atoms with Crippen LogP contribution in [0, 0.1) is 0 Å². The summed E-state index contributed by atoms with van der Waals surface area (Å²) in [5.41, 5.74) is 0.312. The molecule has 1 amide bonds. The smallest absolute Gasteiger partial charge is 0.418 e. The fourth-order valence-corrected chi connectivity index (χ4v) is 3.71. The van der Waals surface area contributed by atoms with Gasteiger partial charge in [0.15, 0.2) is 0 Å². The molecule has 0 aromatic carbocycles. The summed E-state index contributed by atoms with van der Waals surface area (Å²) in [4.78, 5) is 25.5. The average Bonchev–Trinajstić information content (AvgIpc) is 2.66. The molecule has 0 bridgehead atoms. The van der Waals surface area contributed by atoms with Gasteiger partial charge in [0.05, 0.1) is 11.8 Å². The van der Waals surface area contributed by atoms with Gasteiger partial charge in [-0.1, -0.05) is 50.6 Å². The highest BCUT2D eigenvalue weighted by molar-refractivity contribution is 5.92. The third kappa shape index (κ3) is 7.44. The molecular formula is C22H39N3O3. The van der Waals surface area contributed by atoms with Gasteiger partial charge < -0.3 is 9.57 Å². The van der Waals surface area contributed by atoms with Crippen molar-refractivity contribution in [2.75, 3.05) is 0 Å². The van der Waals surface area contributed by atoms with Crippen LogP contribution in [0.1, 0.15) is 105 Å². The van der Waals surface area contributed by atoms with Gasteiger partial charge in [-0.15, -0.1) is 0 Å². The normalized spacial score (nSPS) is 20.8. The second-order valence-electron chi connectivity index (χ2n) is 9.12. The Hall–Kier alpha value is -1.59. The minimum atomic E-state index is -0.567. The molecule has 0 atom stereocenters. The average molecular weight is 394 g/mol. The van der Waals surface area contributed by atoms with Gasteiger partial charge in [0, 0.05) is 6.04 Å². The summed E-state index contributed by atoms with van der Waals surface area (Å²) in [7, 11) is 0. The molecule has 2 aliphatic rings. The molecule has 6 nitrogen and oxygen atoms in total. The Kier molecular flexibility index (Phi) is 8.77. The molecule has 0 aromatic heterocycles. The maximum Gasteiger partial charge on any atom is 0.418 e. The van der Waals surface area contributed by atoms with Crippen molar-refractivity contribution in [3.63, 3.8) is 0 Å². The van der Waals surface area contributed by atoms with E-state index in [0.29, 0.717) is 6.02 Å². The molecule has 0 aromatic rings. The predicted octanol–water partition coefficient (Wildman–Crippen LogP) is 6.05. The monoisotopic (exact) mass is 393 g/mol. The van der Waals surface area contributed by atoms with Gasteiger partial charge in [-0.2, -0.15) is 0 Å². The van der Waals surface area contributed by atoms with Crippen molar-refractivity contribution in [1.29, 1.82) is 0 Å². The maximum atomic E-state index is 13.1. The van der Waals surface area contributed by atoms with Gasteiger partial charge in [0.2, 0.25) is 0 Å². The molecule has 2 fully saturated rings. The zero-order chi connectivity index (χ0) is 20.6. The number of hydrogen-bond donors (Lipinski definition) is 0. The lowest BCUT2D eigenvalue weighted by atomic mass is 9.94. The highest BCUT2D eigenvalue weighted by Gasteiger charge is 2.35. The van der Waals surface area contributed by atoms with Gasteiger partial charge in [-0.05, 0) is 59.8 Å². The summed E-state index contributed by atoms with van der Waals surface area (Å²) in [5, 5.41) is 4.24. The van der Waals surface area contributed by atoms with Crippen LogP contribution in [0.4, 0.5) is 4.79 Å². The molecule has 2 saturated carbocycles. The van der Waals surface area contributed by atoms with Gasteiger partial charge in [-0.3, -0.25) is 0 Å². The van der Waals surface area contributed by atoms with Crippen LogP contribution in [-0.2, 0) is 9.57 Å². The zero-order valence-electron chi connectivity index (χ0n) is 18.5. The van der Waals surface area contributed by atoms with E-state index < -0.39 is 5.60 Å². The number of carbonyl (C=O) groups excluding carboxylic acids is 1. The number of amidine groups is 1. The third-order valence-corrected chi connectivity index (χ3v) is 5.40. The second-order valence-corrected chi connectivity index (χ2v) is 9.12. The van der Waals surface area contributed by atoms with Gasteiger partial charge in [0.25, 0.3) is 0 Å². The fraction of sp³-hybridized carbons (Fsp3) is 0.864. The van der Waals surface area contributed by atoms with E-state index in [1.807, 2.05) is 34.6 Å². The van der Waals surface area contributed by atoms with E-state index in [1.54, 1.807) is 4.90 Å². The Balaban J connectivity index is 2.33. The molecule has 0 spiro atoms. The summed E-state index contributed by atoms with van der Waals surface area (Å²) in [6.45, 7) is 9.63. The molecule has 0 aliphatic heterocycles. The van der Waals surface area contributed by atoms with Gasteiger partial charge >= 0.3 is 12.1 Å². The van der Waals surface area contributed by atoms with Crippen LogP contribution in [-0.4, -0.2) is 40.4 Å². The SMILES string of the molecule is CCC(C)=NOC(=NC1CCCCC1)N(C(=O)OC(C)(C)C)C1CCCCC1. The van der Waals surface area contributed by atoms with Gasteiger partial charge in [-0.25, -0.2) is 14.7 Å². The Morgan fingerprint density at radius 1 is 1.00 bits per heavy atom. The van der Waals surface area contributed by atoms with Crippen LogP contribution in [0.5, 0.6) is 0 Å². The van der Waals surface area contributed by atoms with Crippen molar-refractivity contribution in [2.45, 2.75) is 123 Å². The molecule has 160 valence electrons. The first-order valence-electron chi connectivity index (χ1n) is 11.1. The van der Waals surface area contributed by atoms with Crippen LogP contribution >= 0.6 is 0 Å². The highest BCUT2D eigenvalue weighted by atomic mass is 16.7. The molecule has 28 heavy (non-hydrogen) atoms. The predicted molar refractivity (Wildman–Crippen MR) is 114 cm³/mol. The third-order valence-electron chi connectivity index (χ3n) is 5.40. The summed E-state index contributed by atoms with van der Waals surface area (Å²) in [6, 6.07) is 0.568. The molecular weight excluding hydrogens is 354 g/mol. The van der Waals surface area contributed by atoms with Crippen LogP contribution in [0.15, 0.2) is 10.1 Å². The fourth-order valence-electron chi connectivity index (χ4n) is 3.71. The molecule has 0 N–H and O–H groups in total. The second kappa shape index (κ2) is 10.8. The quantitative estimate of drug-likeness (QED) is 0.332. The molecule has 2 aliphatic carbocycles. The van der Waals surface area contributed by atoms with E-state index in [0.717, 1.165) is 50.7 Å². The largest absolute Gasteiger partial charge is 0.443 e. The number of oxime groups is 1. The number of aliphatic imine (C=N–C) groups is 1. The summed E-state index contributed by atoms with van der Waals surface area (Å²) in [5.74, 6) is 0. The van der Waals surface area contributed by atoms with Crippen molar-refractivity contribution in [3.8, 4) is 0 Å². The van der Waals surface area contributed by atoms with Crippen LogP contribution in [0.25, 0.3) is 0 Å². The van der Waals surface area contributed by atoms with E-state index in [1.165, 1.54) is 25.7 Å². The maximum absolute atomic E-state index is 13.1. The Morgan fingerprint density at radius 3 is 2.11 bits per heavy atom. The lowest BCUT2D eigenvalue weighted by molar-refractivity contribution is 0.0225. The van der Waals surface area contributed by atoms with E-state index in [9.17, 15) is 4.79 Å². The first kappa shape index (κ1) is 22.7. The van der Waals surface area contributed by atoms with E-state index in [-0.39, 0.29) is 18.2 Å². The van der Waals surface area contributed by atoms with Crippen molar-refractivity contribution < 1.29 is 14.4 Å². The molecule has 0 heterocycles. The van der Waals surface area contributed by atoms with E-state index >= 15 is 0 Å². The summed E-state index contributed by atoms with van der Waals surface area (Å²) in [6.07, 6.45) is 11.4. The Bertz CT molecular complexity index is 554.